The molecule has 3 saturated carbocycles. The van der Waals surface area contributed by atoms with Crippen molar-refractivity contribution in [2.75, 3.05) is 20.5 Å². The molecular weight excluding hydrogens is 408 g/mol. The molecule has 33 heavy (non-hydrogen) atoms. The second-order valence-corrected chi connectivity index (χ2v) is 12.3. The number of hydrogen-bond donors (Lipinski definition) is 1. The fourth-order valence-electron chi connectivity index (χ4n) is 8.02. The molecule has 0 saturated heterocycles. The van der Waals surface area contributed by atoms with Crippen molar-refractivity contribution in [2.45, 2.75) is 85.7 Å². The van der Waals surface area contributed by atoms with Crippen LogP contribution in [-0.4, -0.2) is 31.7 Å². The molecular formula is C30H48O3. The first-order chi connectivity index (χ1) is 15.7. The largest absolute Gasteiger partial charge is 0.396 e. The maximum absolute atomic E-state index is 9.49. The third-order valence-electron chi connectivity index (χ3n) is 10.6. The van der Waals surface area contributed by atoms with Gasteiger partial charge in [-0.2, -0.15) is 0 Å². The third-order valence-corrected chi connectivity index (χ3v) is 10.6. The first-order valence-electron chi connectivity index (χ1n) is 13.6. The number of methoxy groups -OCH3 is 1. The average Bonchev–Trinajstić information content (AvgIpc) is 3.17. The second-order valence-electron chi connectivity index (χ2n) is 12.3. The summed E-state index contributed by atoms with van der Waals surface area (Å²) in [5.41, 5.74) is 4.12. The Hall–Kier alpha value is -0.900. The van der Waals surface area contributed by atoms with Crippen molar-refractivity contribution in [3.05, 3.63) is 35.5 Å². The van der Waals surface area contributed by atoms with E-state index in [9.17, 15) is 5.11 Å². The first-order valence-corrected chi connectivity index (χ1v) is 13.6. The molecule has 4 aliphatic carbocycles. The number of ether oxygens (including phenoxy) is 2. The van der Waals surface area contributed by atoms with Crippen LogP contribution in [-0.2, 0) is 9.47 Å². The number of hydrogen-bond acceptors (Lipinski definition) is 3. The van der Waals surface area contributed by atoms with Crippen molar-refractivity contribution in [3.63, 3.8) is 0 Å². The van der Waals surface area contributed by atoms with Gasteiger partial charge in [0.2, 0.25) is 0 Å². The number of rotatable bonds is 8. The van der Waals surface area contributed by atoms with Gasteiger partial charge in [0.15, 0.2) is 0 Å². The summed E-state index contributed by atoms with van der Waals surface area (Å²) in [6.07, 6.45) is 19.0. The van der Waals surface area contributed by atoms with E-state index in [2.05, 4.69) is 58.9 Å². The highest BCUT2D eigenvalue weighted by molar-refractivity contribution is 5.39. The van der Waals surface area contributed by atoms with Gasteiger partial charge in [0.1, 0.15) is 6.79 Å². The van der Waals surface area contributed by atoms with Gasteiger partial charge in [0.05, 0.1) is 6.10 Å². The predicted molar refractivity (Wildman–Crippen MR) is 136 cm³/mol. The standard InChI is InChI=1S/C30H48O3/c1-20(22(3)18-31)7-8-21(2)26-11-12-27-25-10-9-23-17-24(33-19-32-6)13-15-29(23,4)28(25)14-16-30(26,27)5/h7-10,20-22,24,26-28,31H,11-19H2,1-6H3/b8-7+. The number of allylic oxidation sites excluding steroid dienone is 5. The van der Waals surface area contributed by atoms with Gasteiger partial charge in [-0.1, -0.05) is 70.1 Å². The molecule has 0 aromatic carbocycles. The van der Waals surface area contributed by atoms with Crippen LogP contribution in [0.4, 0.5) is 0 Å². The van der Waals surface area contributed by atoms with Crippen LogP contribution in [0.25, 0.3) is 0 Å². The number of fused-ring (bicyclic) bond motifs is 5. The van der Waals surface area contributed by atoms with Gasteiger partial charge in [-0.15, -0.1) is 0 Å². The Morgan fingerprint density at radius 3 is 2.55 bits per heavy atom. The van der Waals surface area contributed by atoms with Crippen molar-refractivity contribution < 1.29 is 14.6 Å². The van der Waals surface area contributed by atoms with E-state index in [1.54, 1.807) is 18.3 Å². The lowest BCUT2D eigenvalue weighted by Gasteiger charge is -2.55. The molecule has 0 radical (unpaired) electrons. The fraction of sp³-hybridized carbons (Fsp3) is 0.800. The van der Waals surface area contributed by atoms with Crippen molar-refractivity contribution in [1.82, 2.24) is 0 Å². The van der Waals surface area contributed by atoms with E-state index >= 15 is 0 Å². The Labute approximate surface area is 202 Å². The Morgan fingerprint density at radius 2 is 1.82 bits per heavy atom. The summed E-state index contributed by atoms with van der Waals surface area (Å²) in [4.78, 5) is 0. The molecule has 4 aliphatic rings. The van der Waals surface area contributed by atoms with Crippen LogP contribution in [0, 0.1) is 46.3 Å². The fourth-order valence-corrected chi connectivity index (χ4v) is 8.02. The second kappa shape index (κ2) is 9.99. The molecule has 1 N–H and O–H groups in total. The Bertz CT molecular complexity index is 781. The van der Waals surface area contributed by atoms with Crippen molar-refractivity contribution in [2.24, 2.45) is 46.3 Å². The van der Waals surface area contributed by atoms with Gasteiger partial charge < -0.3 is 14.6 Å². The molecule has 3 fully saturated rings. The zero-order valence-electron chi connectivity index (χ0n) is 22.0. The summed E-state index contributed by atoms with van der Waals surface area (Å²) < 4.78 is 11.1. The smallest absolute Gasteiger partial charge is 0.146 e. The summed E-state index contributed by atoms with van der Waals surface area (Å²) in [6.45, 7) is 12.6. The lowest BCUT2D eigenvalue weighted by molar-refractivity contribution is -0.0864. The molecule has 9 unspecified atom stereocenters. The van der Waals surface area contributed by atoms with Gasteiger partial charge >= 0.3 is 0 Å². The minimum Gasteiger partial charge on any atom is -0.396 e. The molecule has 4 rings (SSSR count). The van der Waals surface area contributed by atoms with Crippen LogP contribution in [0.15, 0.2) is 35.5 Å². The highest BCUT2D eigenvalue weighted by Gasteiger charge is 2.56. The van der Waals surface area contributed by atoms with E-state index in [-0.39, 0.29) is 6.61 Å². The molecule has 0 aromatic heterocycles. The van der Waals surface area contributed by atoms with Crippen LogP contribution in [0.3, 0.4) is 0 Å². The summed E-state index contributed by atoms with van der Waals surface area (Å²) in [7, 11) is 1.71. The van der Waals surface area contributed by atoms with E-state index in [1.807, 2.05) is 0 Å². The first kappa shape index (κ1) is 25.2. The van der Waals surface area contributed by atoms with Crippen LogP contribution in [0.1, 0.15) is 79.6 Å². The van der Waals surface area contributed by atoms with Crippen molar-refractivity contribution >= 4 is 0 Å². The number of aliphatic hydroxyl groups is 1. The molecule has 0 amide bonds. The van der Waals surface area contributed by atoms with Crippen molar-refractivity contribution in [1.29, 1.82) is 0 Å². The predicted octanol–water partition coefficient (Wildman–Crippen LogP) is 6.93. The normalized spacial score (nSPS) is 40.9. The SMILES string of the molecule is COCOC1CCC2(C)C(=CC=C3C2CCC2(C)C3CCC2C(C)/C=C/C(C)C(C)CO)C1. The minimum absolute atomic E-state index is 0.270. The molecule has 3 nitrogen and oxygen atoms in total. The van der Waals surface area contributed by atoms with Gasteiger partial charge in [0, 0.05) is 13.7 Å². The van der Waals surface area contributed by atoms with Gasteiger partial charge in [-0.05, 0) is 91.3 Å². The summed E-state index contributed by atoms with van der Waals surface area (Å²) in [6, 6.07) is 0. The van der Waals surface area contributed by atoms with E-state index in [1.165, 1.54) is 32.1 Å². The Kier molecular flexibility index (Phi) is 7.63. The van der Waals surface area contributed by atoms with Crippen molar-refractivity contribution in [3.8, 4) is 0 Å². The van der Waals surface area contributed by atoms with Gasteiger partial charge in [-0.25, -0.2) is 0 Å². The van der Waals surface area contributed by atoms with Crippen LogP contribution >= 0.6 is 0 Å². The van der Waals surface area contributed by atoms with E-state index in [4.69, 9.17) is 9.47 Å². The zero-order chi connectivity index (χ0) is 23.8. The molecule has 0 heterocycles. The molecule has 9 atom stereocenters. The lowest BCUT2D eigenvalue weighted by atomic mass is 9.50. The summed E-state index contributed by atoms with van der Waals surface area (Å²) in [5.74, 6) is 3.58. The van der Waals surface area contributed by atoms with E-state index in [0.717, 1.165) is 24.7 Å². The average molecular weight is 457 g/mol. The van der Waals surface area contributed by atoms with Gasteiger partial charge in [-0.3, -0.25) is 0 Å². The van der Waals surface area contributed by atoms with Crippen LogP contribution < -0.4 is 0 Å². The quantitative estimate of drug-likeness (QED) is 0.318. The monoisotopic (exact) mass is 456 g/mol. The Morgan fingerprint density at radius 1 is 1.03 bits per heavy atom. The molecule has 0 aliphatic heterocycles. The maximum atomic E-state index is 9.49. The lowest BCUT2D eigenvalue weighted by Crippen LogP contribution is -2.46. The summed E-state index contributed by atoms with van der Waals surface area (Å²) >= 11 is 0. The Balaban J connectivity index is 1.51. The topological polar surface area (TPSA) is 38.7 Å². The zero-order valence-corrected chi connectivity index (χ0v) is 22.0. The number of aliphatic hydroxyl groups excluding tert-OH is 1. The van der Waals surface area contributed by atoms with E-state index < -0.39 is 0 Å². The van der Waals surface area contributed by atoms with E-state index in [0.29, 0.717) is 47.4 Å². The summed E-state index contributed by atoms with van der Waals surface area (Å²) in [5, 5.41) is 9.49. The molecule has 3 heteroatoms. The highest BCUT2D eigenvalue weighted by Crippen LogP contribution is 2.66. The third kappa shape index (κ3) is 4.55. The molecule has 0 bridgehead atoms. The highest BCUT2D eigenvalue weighted by atomic mass is 16.7. The molecule has 0 spiro atoms. The molecule has 186 valence electrons. The van der Waals surface area contributed by atoms with Crippen LogP contribution in [0.5, 0.6) is 0 Å². The van der Waals surface area contributed by atoms with Crippen LogP contribution in [0.2, 0.25) is 0 Å². The minimum atomic E-state index is 0.270. The maximum Gasteiger partial charge on any atom is 0.146 e. The molecule has 0 aromatic rings. The van der Waals surface area contributed by atoms with Gasteiger partial charge in [0.25, 0.3) is 0 Å².